The quantitative estimate of drug-likeness (QED) is 0.0498. The predicted molar refractivity (Wildman–Crippen MR) is 142 cm³/mol. The first-order valence-electron chi connectivity index (χ1n) is 13.2. The van der Waals surface area contributed by atoms with Crippen molar-refractivity contribution in [2.45, 2.75) is 50.9 Å². The van der Waals surface area contributed by atoms with Crippen molar-refractivity contribution in [2.75, 3.05) is 85.6 Å². The molecule has 0 aliphatic carbocycles. The second-order valence-electron chi connectivity index (χ2n) is 9.01. The molecule has 0 bridgehead atoms. The fourth-order valence-electron chi connectivity index (χ4n) is 4.66. The van der Waals surface area contributed by atoms with Crippen LogP contribution < -0.4 is 11.5 Å². The molecule has 0 aliphatic heterocycles. The molecular formula is C24H49N5O10. The van der Waals surface area contributed by atoms with Crippen molar-refractivity contribution in [1.29, 1.82) is 0 Å². The van der Waals surface area contributed by atoms with Crippen molar-refractivity contribution in [1.82, 2.24) is 14.7 Å². The lowest BCUT2D eigenvalue weighted by molar-refractivity contribution is -0.139. The molecular weight excluding hydrogens is 518 g/mol. The van der Waals surface area contributed by atoms with Gasteiger partial charge in [0.1, 0.15) is 0 Å². The van der Waals surface area contributed by atoms with Crippen molar-refractivity contribution < 1.29 is 49.4 Å². The highest BCUT2D eigenvalue weighted by molar-refractivity contribution is 5.80. The first kappa shape index (κ1) is 37.0. The third-order valence-corrected chi connectivity index (χ3v) is 6.39. The maximum absolute atomic E-state index is 12.2. The molecule has 39 heavy (non-hydrogen) atoms. The summed E-state index contributed by atoms with van der Waals surface area (Å²) in [5, 5.41) is 47.8. The number of likely N-dealkylation sites (N-methyl/N-ethyl adjacent to an activating group) is 2. The van der Waals surface area contributed by atoms with Crippen LogP contribution >= 0.6 is 0 Å². The Hall–Kier alpha value is -1.95. The van der Waals surface area contributed by atoms with Gasteiger partial charge in [-0.15, -0.1) is 0 Å². The molecule has 230 valence electrons. The lowest BCUT2D eigenvalue weighted by atomic mass is 10.1. The van der Waals surface area contributed by atoms with Gasteiger partial charge in [-0.2, -0.15) is 0 Å². The average molecular weight is 568 g/mol. The Bertz CT molecular complexity index is 642. The van der Waals surface area contributed by atoms with Crippen LogP contribution in [-0.2, 0) is 23.9 Å². The predicted octanol–water partition coefficient (Wildman–Crippen LogP) is -3.76. The van der Waals surface area contributed by atoms with Gasteiger partial charge in [0, 0.05) is 38.4 Å². The number of carbonyl (C=O) groups is 3. The van der Waals surface area contributed by atoms with Crippen LogP contribution in [0.1, 0.15) is 26.7 Å². The largest absolute Gasteiger partial charge is 0.480 e. The van der Waals surface area contributed by atoms with Crippen LogP contribution in [0.4, 0.5) is 0 Å². The van der Waals surface area contributed by atoms with Crippen LogP contribution in [0.5, 0.6) is 0 Å². The van der Waals surface area contributed by atoms with E-state index in [9.17, 15) is 29.7 Å². The zero-order valence-electron chi connectivity index (χ0n) is 23.2. The second kappa shape index (κ2) is 21.8. The normalized spacial score (nSPS) is 15.0. The maximum atomic E-state index is 12.2. The van der Waals surface area contributed by atoms with Gasteiger partial charge in [0.05, 0.1) is 58.3 Å². The van der Waals surface area contributed by atoms with Gasteiger partial charge in [0.15, 0.2) is 0 Å². The minimum atomic E-state index is -1.14. The van der Waals surface area contributed by atoms with Crippen LogP contribution in [0.15, 0.2) is 0 Å². The fraction of sp³-hybridized carbons (Fsp3) is 0.875. The number of hydrogen-bond donors (Lipinski definition) is 7. The number of primary amides is 2. The number of aliphatic hydroxyl groups is 4. The number of nitrogens with zero attached hydrogens (tertiary/aromatic N) is 3. The van der Waals surface area contributed by atoms with Crippen molar-refractivity contribution in [3.05, 3.63) is 0 Å². The average Bonchev–Trinajstić information content (AvgIpc) is 2.89. The third kappa shape index (κ3) is 14.3. The summed E-state index contributed by atoms with van der Waals surface area (Å²) < 4.78 is 10.5. The van der Waals surface area contributed by atoms with Gasteiger partial charge in [0.25, 0.3) is 0 Å². The van der Waals surface area contributed by atoms with Crippen LogP contribution in [0, 0.1) is 0 Å². The van der Waals surface area contributed by atoms with Gasteiger partial charge in [-0.1, -0.05) is 13.8 Å². The Morgan fingerprint density at radius 3 is 1.36 bits per heavy atom. The van der Waals surface area contributed by atoms with E-state index < -0.39 is 61.7 Å². The van der Waals surface area contributed by atoms with Gasteiger partial charge in [0.2, 0.25) is 11.8 Å². The van der Waals surface area contributed by atoms with Gasteiger partial charge in [-0.05, 0) is 25.9 Å². The number of aliphatic hydroxyl groups excluding tert-OH is 4. The molecule has 0 aromatic carbocycles. The molecule has 15 heteroatoms. The van der Waals surface area contributed by atoms with Crippen LogP contribution in [0.2, 0.25) is 0 Å². The number of amides is 2. The van der Waals surface area contributed by atoms with E-state index in [0.29, 0.717) is 13.1 Å². The molecule has 0 aliphatic rings. The van der Waals surface area contributed by atoms with Crippen LogP contribution in [0.3, 0.4) is 0 Å². The second-order valence-corrected chi connectivity index (χ2v) is 9.01. The van der Waals surface area contributed by atoms with E-state index in [-0.39, 0.29) is 65.6 Å². The minimum absolute atomic E-state index is 0.0207. The number of ether oxygens (including phenoxy) is 2. The summed E-state index contributed by atoms with van der Waals surface area (Å²) in [5.41, 5.74) is 11.3. The molecule has 2 amide bonds. The highest BCUT2D eigenvalue weighted by Gasteiger charge is 2.33. The first-order chi connectivity index (χ1) is 18.6. The monoisotopic (exact) mass is 567 g/mol. The number of carbonyl (C=O) groups excluding carboxylic acids is 2. The standard InChI is InChI=1S/C24H49N5O10/c1-3-28(20(23(25)36)5-9-38-11-7-30)18(16-32)13-27(15-22(34)35)14-19(17-33)29(4-2)21(24(26)37)6-10-39-12-8-31/h18-21,30-33H,3-17H2,1-2H3,(H2,25,36)(H2,26,37)(H,34,35). The van der Waals surface area contributed by atoms with Gasteiger partial charge < -0.3 is 46.5 Å². The lowest BCUT2D eigenvalue weighted by Crippen LogP contribution is -2.58. The molecule has 0 fully saturated rings. The number of carboxylic acids is 1. The van der Waals surface area contributed by atoms with E-state index in [1.807, 2.05) is 0 Å². The number of rotatable bonds is 26. The molecule has 0 aromatic heterocycles. The zero-order valence-corrected chi connectivity index (χ0v) is 23.2. The summed E-state index contributed by atoms with van der Waals surface area (Å²) in [6.45, 7) is 3.16. The Morgan fingerprint density at radius 2 is 1.10 bits per heavy atom. The molecule has 15 nitrogen and oxygen atoms in total. The Morgan fingerprint density at radius 1 is 0.718 bits per heavy atom. The van der Waals surface area contributed by atoms with E-state index in [2.05, 4.69) is 0 Å². The number of nitrogens with two attached hydrogens (primary N) is 2. The summed E-state index contributed by atoms with van der Waals surface area (Å²) >= 11 is 0. The van der Waals surface area contributed by atoms with Gasteiger partial charge >= 0.3 is 5.97 Å². The van der Waals surface area contributed by atoms with Crippen molar-refractivity contribution in [3.63, 3.8) is 0 Å². The Balaban J connectivity index is 5.82. The molecule has 0 saturated carbocycles. The fourth-order valence-corrected chi connectivity index (χ4v) is 4.66. The molecule has 4 unspecified atom stereocenters. The third-order valence-electron chi connectivity index (χ3n) is 6.39. The molecule has 0 heterocycles. The Labute approximate surface area is 230 Å². The lowest BCUT2D eigenvalue weighted by Gasteiger charge is -2.40. The van der Waals surface area contributed by atoms with E-state index >= 15 is 0 Å². The molecule has 0 rings (SSSR count). The Kier molecular flexibility index (Phi) is 20.7. The van der Waals surface area contributed by atoms with Gasteiger partial charge in [-0.3, -0.25) is 29.1 Å². The molecule has 0 saturated heterocycles. The molecule has 9 N–H and O–H groups in total. The van der Waals surface area contributed by atoms with E-state index in [0.717, 1.165) is 0 Å². The first-order valence-corrected chi connectivity index (χ1v) is 13.2. The summed E-state index contributed by atoms with van der Waals surface area (Å²) in [5.74, 6) is -2.40. The SMILES string of the molecule is CCN(C(CO)CN(CC(=O)O)CC(CO)N(CC)C(CCOCCO)C(N)=O)C(CCOCCO)C(N)=O. The smallest absolute Gasteiger partial charge is 0.317 e. The minimum Gasteiger partial charge on any atom is -0.480 e. The molecule has 0 aromatic rings. The molecule has 0 radical (unpaired) electrons. The van der Waals surface area contributed by atoms with Crippen LogP contribution in [0.25, 0.3) is 0 Å². The van der Waals surface area contributed by atoms with Crippen LogP contribution in [-0.4, -0.2) is 168 Å². The number of carboxylic acid groups (broad SMARTS) is 1. The van der Waals surface area contributed by atoms with Crippen molar-refractivity contribution >= 4 is 17.8 Å². The van der Waals surface area contributed by atoms with E-state index in [4.69, 9.17) is 31.2 Å². The summed E-state index contributed by atoms with van der Waals surface area (Å²) in [4.78, 5) is 41.1. The van der Waals surface area contributed by atoms with Gasteiger partial charge in [-0.25, -0.2) is 0 Å². The highest BCUT2D eigenvalue weighted by Crippen LogP contribution is 2.15. The zero-order chi connectivity index (χ0) is 29.8. The number of hydrogen-bond acceptors (Lipinski definition) is 12. The van der Waals surface area contributed by atoms with Crippen molar-refractivity contribution in [2.24, 2.45) is 11.5 Å². The topological polar surface area (TPSA) is 233 Å². The summed E-state index contributed by atoms with van der Waals surface area (Å²) in [6, 6.07) is -2.98. The number of aliphatic carboxylic acids is 1. The highest BCUT2D eigenvalue weighted by atomic mass is 16.5. The van der Waals surface area contributed by atoms with Crippen molar-refractivity contribution in [3.8, 4) is 0 Å². The summed E-state index contributed by atoms with van der Waals surface area (Å²) in [6.07, 6.45) is 0.417. The van der Waals surface area contributed by atoms with E-state index in [1.54, 1.807) is 23.6 Å². The summed E-state index contributed by atoms with van der Waals surface area (Å²) in [7, 11) is 0. The molecule has 4 atom stereocenters. The molecule has 0 spiro atoms. The van der Waals surface area contributed by atoms with E-state index in [1.165, 1.54) is 4.90 Å². The maximum Gasteiger partial charge on any atom is 0.317 e.